The van der Waals surface area contributed by atoms with Gasteiger partial charge in [0.25, 0.3) is 0 Å². The average Bonchev–Trinajstić information content (AvgIpc) is 2.70. The third-order valence-electron chi connectivity index (χ3n) is 2.94. The van der Waals surface area contributed by atoms with Crippen LogP contribution in [0.15, 0.2) is 23.1 Å². The topological polar surface area (TPSA) is 75.3 Å². The quantitative estimate of drug-likeness (QED) is 0.935. The summed E-state index contributed by atoms with van der Waals surface area (Å²) in [6.45, 7) is 3.65. The number of sulfonamides is 1. The summed E-state index contributed by atoms with van der Waals surface area (Å²) < 4.78 is 31.0. The van der Waals surface area contributed by atoms with Crippen molar-refractivity contribution in [1.29, 1.82) is 0 Å². The Morgan fingerprint density at radius 2 is 1.95 bits per heavy atom. The number of hydrogen-bond acceptors (Lipinski definition) is 4. The van der Waals surface area contributed by atoms with Crippen molar-refractivity contribution in [3.05, 3.63) is 34.6 Å². The van der Waals surface area contributed by atoms with E-state index in [9.17, 15) is 8.42 Å². The summed E-state index contributed by atoms with van der Waals surface area (Å²) >= 11 is 6.07. The van der Waals surface area contributed by atoms with Gasteiger partial charge in [0.2, 0.25) is 10.0 Å². The highest BCUT2D eigenvalue weighted by molar-refractivity contribution is 7.89. The first-order valence-electron chi connectivity index (χ1n) is 6.15. The molecule has 0 aliphatic rings. The first-order valence-corrected chi connectivity index (χ1v) is 7.96. The standard InChI is InChI=1S/C13H16ClN3O3S/c1-8-13(9(2)16-15-8)20-10-5-6-12(11(14)7-10)21(18,19)17(3)4/h5-7H,1-4H3,(H,15,16). The third kappa shape index (κ3) is 3.04. The Morgan fingerprint density at radius 1 is 1.29 bits per heavy atom. The van der Waals surface area contributed by atoms with E-state index in [1.165, 1.54) is 26.2 Å². The fraction of sp³-hybridized carbons (Fsp3) is 0.308. The Morgan fingerprint density at radius 3 is 2.43 bits per heavy atom. The Labute approximate surface area is 128 Å². The van der Waals surface area contributed by atoms with E-state index in [1.807, 2.05) is 13.8 Å². The van der Waals surface area contributed by atoms with Crippen molar-refractivity contribution >= 4 is 21.6 Å². The van der Waals surface area contributed by atoms with Crippen LogP contribution in [0.25, 0.3) is 0 Å². The van der Waals surface area contributed by atoms with Gasteiger partial charge in [-0.25, -0.2) is 12.7 Å². The molecule has 2 aromatic rings. The molecule has 0 saturated heterocycles. The SMILES string of the molecule is Cc1n[nH]c(C)c1Oc1ccc(S(=O)(=O)N(C)C)c(Cl)c1. The van der Waals surface area contributed by atoms with E-state index in [-0.39, 0.29) is 9.92 Å². The van der Waals surface area contributed by atoms with Gasteiger partial charge in [0.05, 0.1) is 10.7 Å². The molecule has 0 atom stereocenters. The van der Waals surface area contributed by atoms with Gasteiger partial charge in [-0.2, -0.15) is 5.10 Å². The zero-order valence-electron chi connectivity index (χ0n) is 12.1. The summed E-state index contributed by atoms with van der Waals surface area (Å²) in [7, 11) is -0.670. The highest BCUT2D eigenvalue weighted by Crippen LogP contribution is 2.32. The molecule has 21 heavy (non-hydrogen) atoms. The van der Waals surface area contributed by atoms with Crippen LogP contribution in [-0.2, 0) is 10.0 Å². The van der Waals surface area contributed by atoms with Crippen molar-refractivity contribution in [3.8, 4) is 11.5 Å². The van der Waals surface area contributed by atoms with Crippen LogP contribution >= 0.6 is 11.6 Å². The Kier molecular flexibility index (Phi) is 4.27. The smallest absolute Gasteiger partial charge is 0.244 e. The predicted molar refractivity (Wildman–Crippen MR) is 80.5 cm³/mol. The Hall–Kier alpha value is -1.57. The molecule has 0 aliphatic carbocycles. The second kappa shape index (κ2) is 5.67. The van der Waals surface area contributed by atoms with E-state index in [2.05, 4.69) is 10.2 Å². The summed E-state index contributed by atoms with van der Waals surface area (Å²) in [4.78, 5) is 0.0437. The molecule has 0 amide bonds. The fourth-order valence-corrected chi connectivity index (χ4v) is 3.16. The van der Waals surface area contributed by atoms with Crippen LogP contribution in [-0.4, -0.2) is 37.0 Å². The van der Waals surface area contributed by atoms with E-state index >= 15 is 0 Å². The molecule has 0 saturated carbocycles. The number of halogens is 1. The molecule has 0 fully saturated rings. The van der Waals surface area contributed by atoms with E-state index in [4.69, 9.17) is 16.3 Å². The van der Waals surface area contributed by atoms with E-state index < -0.39 is 10.0 Å². The van der Waals surface area contributed by atoms with Crippen molar-refractivity contribution in [1.82, 2.24) is 14.5 Å². The van der Waals surface area contributed by atoms with Crippen molar-refractivity contribution in [2.75, 3.05) is 14.1 Å². The molecule has 1 N–H and O–H groups in total. The molecule has 2 rings (SSSR count). The molecule has 1 aromatic heterocycles. The number of aromatic nitrogens is 2. The zero-order chi connectivity index (χ0) is 15.8. The first kappa shape index (κ1) is 15.8. The Bertz CT molecular complexity index is 749. The van der Waals surface area contributed by atoms with Crippen LogP contribution in [0.4, 0.5) is 0 Å². The number of ether oxygens (including phenoxy) is 1. The second-order valence-corrected chi connectivity index (χ2v) is 7.27. The van der Waals surface area contributed by atoms with Gasteiger partial charge in [-0.3, -0.25) is 5.10 Å². The molecule has 0 radical (unpaired) electrons. The summed E-state index contributed by atoms with van der Waals surface area (Å²) in [5.74, 6) is 1.06. The Balaban J connectivity index is 2.37. The minimum atomic E-state index is -3.58. The first-order chi connectivity index (χ1) is 9.73. The van der Waals surface area contributed by atoms with Crippen LogP contribution in [0.2, 0.25) is 5.02 Å². The lowest BCUT2D eigenvalue weighted by Crippen LogP contribution is -2.22. The number of hydrogen-bond donors (Lipinski definition) is 1. The molecule has 1 aromatic carbocycles. The summed E-state index contributed by atoms with van der Waals surface area (Å²) in [5.41, 5.74) is 1.50. The lowest BCUT2D eigenvalue weighted by atomic mass is 10.3. The lowest BCUT2D eigenvalue weighted by Gasteiger charge is -2.13. The van der Waals surface area contributed by atoms with Crippen LogP contribution in [0.1, 0.15) is 11.4 Å². The fourth-order valence-electron chi connectivity index (χ4n) is 1.76. The van der Waals surface area contributed by atoms with E-state index in [0.717, 1.165) is 10.00 Å². The van der Waals surface area contributed by atoms with Gasteiger partial charge >= 0.3 is 0 Å². The van der Waals surface area contributed by atoms with Gasteiger partial charge in [-0.1, -0.05) is 11.6 Å². The third-order valence-corrected chi connectivity index (χ3v) is 5.24. The largest absolute Gasteiger partial charge is 0.453 e. The van der Waals surface area contributed by atoms with Crippen LogP contribution in [0.3, 0.4) is 0 Å². The molecule has 0 spiro atoms. The number of nitrogens with zero attached hydrogens (tertiary/aromatic N) is 2. The van der Waals surface area contributed by atoms with Gasteiger partial charge in [0.15, 0.2) is 5.75 Å². The summed E-state index contributed by atoms with van der Waals surface area (Å²) in [5, 5.41) is 6.95. The van der Waals surface area contributed by atoms with Crippen molar-refractivity contribution < 1.29 is 13.2 Å². The molecule has 1 heterocycles. The minimum absolute atomic E-state index is 0.0437. The van der Waals surface area contributed by atoms with Crippen LogP contribution in [0, 0.1) is 13.8 Å². The molecule has 0 aliphatic heterocycles. The van der Waals surface area contributed by atoms with E-state index in [1.54, 1.807) is 6.07 Å². The lowest BCUT2D eigenvalue weighted by molar-refractivity contribution is 0.474. The summed E-state index contributed by atoms with van der Waals surface area (Å²) in [6, 6.07) is 4.47. The maximum Gasteiger partial charge on any atom is 0.244 e. The summed E-state index contributed by atoms with van der Waals surface area (Å²) in [6.07, 6.45) is 0. The average molecular weight is 330 g/mol. The molecular weight excluding hydrogens is 314 g/mol. The highest BCUT2D eigenvalue weighted by Gasteiger charge is 2.21. The normalized spacial score (nSPS) is 11.9. The molecule has 0 unspecified atom stereocenters. The number of benzene rings is 1. The maximum atomic E-state index is 12.1. The van der Waals surface area contributed by atoms with Gasteiger partial charge in [-0.05, 0) is 26.0 Å². The molecule has 8 heteroatoms. The van der Waals surface area contributed by atoms with Gasteiger partial charge in [0.1, 0.15) is 16.3 Å². The second-order valence-electron chi connectivity index (χ2n) is 4.74. The minimum Gasteiger partial charge on any atom is -0.453 e. The number of nitrogens with one attached hydrogen (secondary N) is 1. The van der Waals surface area contributed by atoms with Crippen molar-refractivity contribution in [2.24, 2.45) is 0 Å². The van der Waals surface area contributed by atoms with Gasteiger partial charge in [-0.15, -0.1) is 0 Å². The number of aryl methyl sites for hydroxylation is 2. The van der Waals surface area contributed by atoms with Crippen molar-refractivity contribution in [2.45, 2.75) is 18.7 Å². The molecule has 114 valence electrons. The highest BCUT2D eigenvalue weighted by atomic mass is 35.5. The van der Waals surface area contributed by atoms with Crippen molar-refractivity contribution in [3.63, 3.8) is 0 Å². The number of aromatic amines is 1. The van der Waals surface area contributed by atoms with Gasteiger partial charge < -0.3 is 4.74 Å². The monoisotopic (exact) mass is 329 g/mol. The van der Waals surface area contributed by atoms with Gasteiger partial charge in [0, 0.05) is 20.2 Å². The van der Waals surface area contributed by atoms with Crippen LogP contribution < -0.4 is 4.74 Å². The maximum absolute atomic E-state index is 12.1. The predicted octanol–water partition coefficient (Wildman–Crippen LogP) is 2.72. The number of rotatable bonds is 4. The van der Waals surface area contributed by atoms with Crippen LogP contribution in [0.5, 0.6) is 11.5 Å². The zero-order valence-corrected chi connectivity index (χ0v) is 13.7. The molecular formula is C13H16ClN3O3S. The molecule has 0 bridgehead atoms. The molecule has 6 nitrogen and oxygen atoms in total. The number of H-pyrrole nitrogens is 1. The van der Waals surface area contributed by atoms with E-state index in [0.29, 0.717) is 17.2 Å².